The van der Waals surface area contributed by atoms with Crippen LogP contribution in [-0.2, 0) is 4.79 Å². The van der Waals surface area contributed by atoms with Gasteiger partial charge < -0.3 is 14.5 Å². The standard InChI is InChI=1S/C20H21BrFN5O3/c21-14-10-23-19(24-11-14)30-17-2-1-7-25(12-17)18(28)13-26-8-9-27(20(26)29)16-5-3-15(22)4-6-16/h3-6,10-11,17H,1-2,7-9,12-13H2. The van der Waals surface area contributed by atoms with Gasteiger partial charge in [0.15, 0.2) is 0 Å². The monoisotopic (exact) mass is 477 g/mol. The summed E-state index contributed by atoms with van der Waals surface area (Å²) in [7, 11) is 0. The van der Waals surface area contributed by atoms with Gasteiger partial charge in [0.2, 0.25) is 5.91 Å². The molecule has 2 aliphatic heterocycles. The number of hydrogen-bond acceptors (Lipinski definition) is 5. The van der Waals surface area contributed by atoms with Gasteiger partial charge >= 0.3 is 12.0 Å². The molecule has 1 aromatic heterocycles. The fourth-order valence-corrected chi connectivity index (χ4v) is 3.83. The molecule has 1 unspecified atom stereocenters. The lowest BCUT2D eigenvalue weighted by atomic mass is 10.1. The lowest BCUT2D eigenvalue weighted by Gasteiger charge is -2.33. The molecule has 3 heterocycles. The van der Waals surface area contributed by atoms with E-state index in [-0.39, 0.29) is 36.4 Å². The molecule has 2 fully saturated rings. The number of anilines is 1. The minimum atomic E-state index is -0.354. The number of amides is 3. The molecule has 0 spiro atoms. The Morgan fingerprint density at radius 3 is 2.63 bits per heavy atom. The van der Waals surface area contributed by atoms with Crippen LogP contribution in [0.3, 0.4) is 0 Å². The third-order valence-corrected chi connectivity index (χ3v) is 5.57. The van der Waals surface area contributed by atoms with Crippen molar-refractivity contribution in [3.63, 3.8) is 0 Å². The first-order chi connectivity index (χ1) is 14.5. The zero-order valence-corrected chi connectivity index (χ0v) is 17.8. The van der Waals surface area contributed by atoms with Crippen LogP contribution in [0.25, 0.3) is 0 Å². The van der Waals surface area contributed by atoms with Gasteiger partial charge in [0.1, 0.15) is 18.5 Å². The van der Waals surface area contributed by atoms with Crippen molar-refractivity contribution < 1.29 is 18.7 Å². The smallest absolute Gasteiger partial charge is 0.325 e. The molecule has 0 aliphatic carbocycles. The number of rotatable bonds is 5. The third kappa shape index (κ3) is 4.69. The van der Waals surface area contributed by atoms with Gasteiger partial charge in [0.05, 0.1) is 11.0 Å². The molecule has 8 nitrogen and oxygen atoms in total. The summed E-state index contributed by atoms with van der Waals surface area (Å²) in [5.41, 5.74) is 0.622. The largest absolute Gasteiger partial charge is 0.458 e. The summed E-state index contributed by atoms with van der Waals surface area (Å²) in [5.74, 6) is -0.470. The van der Waals surface area contributed by atoms with E-state index in [2.05, 4.69) is 25.9 Å². The van der Waals surface area contributed by atoms with E-state index >= 15 is 0 Å². The molecule has 0 bridgehead atoms. The number of urea groups is 1. The second-order valence-corrected chi connectivity index (χ2v) is 8.15. The molecule has 10 heteroatoms. The van der Waals surface area contributed by atoms with Crippen LogP contribution >= 0.6 is 15.9 Å². The number of halogens is 2. The predicted octanol–water partition coefficient (Wildman–Crippen LogP) is 2.69. The summed E-state index contributed by atoms with van der Waals surface area (Å²) in [6, 6.07) is 5.80. The van der Waals surface area contributed by atoms with Gasteiger partial charge in [-0.3, -0.25) is 9.69 Å². The van der Waals surface area contributed by atoms with Gasteiger partial charge in [-0.05, 0) is 53.0 Å². The minimum absolute atomic E-state index is 0.0119. The second kappa shape index (κ2) is 8.95. The Balaban J connectivity index is 1.32. The van der Waals surface area contributed by atoms with Crippen LogP contribution in [0.2, 0.25) is 0 Å². The first kappa shape index (κ1) is 20.5. The number of hydrogen-bond donors (Lipinski definition) is 0. The number of ether oxygens (including phenoxy) is 1. The Labute approximate surface area is 181 Å². The molecule has 3 amide bonds. The number of likely N-dealkylation sites (tertiary alicyclic amines) is 1. The quantitative estimate of drug-likeness (QED) is 0.661. The first-order valence-electron chi connectivity index (χ1n) is 9.73. The molecule has 1 atom stereocenters. The van der Waals surface area contributed by atoms with Gasteiger partial charge in [-0.1, -0.05) is 0 Å². The molecule has 0 radical (unpaired) electrons. The van der Waals surface area contributed by atoms with Crippen LogP contribution < -0.4 is 9.64 Å². The molecule has 2 aliphatic rings. The average Bonchev–Trinajstić information content (AvgIpc) is 3.11. The zero-order chi connectivity index (χ0) is 21.1. The maximum atomic E-state index is 13.1. The van der Waals surface area contributed by atoms with Gasteiger partial charge in [0, 0.05) is 37.7 Å². The Bertz CT molecular complexity index is 912. The van der Waals surface area contributed by atoms with Gasteiger partial charge in [-0.25, -0.2) is 19.2 Å². The normalized spacial score (nSPS) is 19.3. The number of aromatic nitrogens is 2. The van der Waals surface area contributed by atoms with Crippen LogP contribution in [0.5, 0.6) is 6.01 Å². The zero-order valence-electron chi connectivity index (χ0n) is 16.2. The Morgan fingerprint density at radius 1 is 1.17 bits per heavy atom. The molecule has 4 rings (SSSR count). The van der Waals surface area contributed by atoms with E-state index in [0.717, 1.165) is 17.3 Å². The lowest BCUT2D eigenvalue weighted by Crippen LogP contribution is -2.48. The number of benzene rings is 1. The second-order valence-electron chi connectivity index (χ2n) is 7.24. The molecular weight excluding hydrogens is 457 g/mol. The number of piperidine rings is 1. The highest BCUT2D eigenvalue weighted by atomic mass is 79.9. The van der Waals surface area contributed by atoms with Crippen LogP contribution in [-0.4, -0.2) is 70.5 Å². The van der Waals surface area contributed by atoms with Crippen molar-refractivity contribution in [3.8, 4) is 6.01 Å². The van der Waals surface area contributed by atoms with E-state index in [4.69, 9.17) is 4.74 Å². The SMILES string of the molecule is O=C(CN1CCN(c2ccc(F)cc2)C1=O)N1CCCC(Oc2ncc(Br)cn2)C1. The van der Waals surface area contributed by atoms with Gasteiger partial charge in [0.25, 0.3) is 0 Å². The Kier molecular flexibility index (Phi) is 6.12. The van der Waals surface area contributed by atoms with Crippen molar-refractivity contribution in [3.05, 3.63) is 46.9 Å². The van der Waals surface area contributed by atoms with Gasteiger partial charge in [-0.15, -0.1) is 0 Å². The molecule has 0 saturated carbocycles. The molecular formula is C20H21BrFN5O3. The fourth-order valence-electron chi connectivity index (χ4n) is 3.62. The molecule has 1 aromatic carbocycles. The van der Waals surface area contributed by atoms with E-state index < -0.39 is 0 Å². The van der Waals surface area contributed by atoms with E-state index in [1.54, 1.807) is 34.3 Å². The van der Waals surface area contributed by atoms with E-state index in [1.165, 1.54) is 17.0 Å². The van der Waals surface area contributed by atoms with Crippen molar-refractivity contribution in [1.29, 1.82) is 0 Å². The maximum Gasteiger partial charge on any atom is 0.325 e. The van der Waals surface area contributed by atoms with Crippen LogP contribution in [0, 0.1) is 5.82 Å². The maximum absolute atomic E-state index is 13.1. The molecule has 2 aromatic rings. The lowest BCUT2D eigenvalue weighted by molar-refractivity contribution is -0.134. The van der Waals surface area contributed by atoms with Crippen LogP contribution in [0.15, 0.2) is 41.1 Å². The van der Waals surface area contributed by atoms with Crippen molar-refractivity contribution in [2.75, 3.05) is 37.6 Å². The van der Waals surface area contributed by atoms with Crippen molar-refractivity contribution in [1.82, 2.24) is 19.8 Å². The molecule has 0 N–H and O–H groups in total. The van der Waals surface area contributed by atoms with Crippen molar-refractivity contribution >= 4 is 33.6 Å². The minimum Gasteiger partial charge on any atom is -0.458 e. The fraction of sp³-hybridized carbons (Fsp3) is 0.400. The van der Waals surface area contributed by atoms with E-state index in [1.807, 2.05) is 0 Å². The van der Waals surface area contributed by atoms with Gasteiger partial charge in [-0.2, -0.15) is 0 Å². The highest BCUT2D eigenvalue weighted by Crippen LogP contribution is 2.21. The number of carbonyl (C=O) groups excluding carboxylic acids is 2. The predicted molar refractivity (Wildman–Crippen MR) is 111 cm³/mol. The topological polar surface area (TPSA) is 78.9 Å². The summed E-state index contributed by atoms with van der Waals surface area (Å²) < 4.78 is 19.7. The molecule has 2 saturated heterocycles. The summed E-state index contributed by atoms with van der Waals surface area (Å²) >= 11 is 3.28. The molecule has 158 valence electrons. The number of nitrogens with zero attached hydrogens (tertiary/aromatic N) is 5. The van der Waals surface area contributed by atoms with E-state index in [9.17, 15) is 14.0 Å². The van der Waals surface area contributed by atoms with Crippen LogP contribution in [0.4, 0.5) is 14.9 Å². The number of carbonyl (C=O) groups is 2. The summed E-state index contributed by atoms with van der Waals surface area (Å²) in [4.78, 5) is 38.5. The third-order valence-electron chi connectivity index (χ3n) is 5.16. The highest BCUT2D eigenvalue weighted by Gasteiger charge is 2.33. The van der Waals surface area contributed by atoms with Crippen molar-refractivity contribution in [2.24, 2.45) is 0 Å². The summed E-state index contributed by atoms with van der Waals surface area (Å²) in [6.45, 7) is 1.98. The van der Waals surface area contributed by atoms with Crippen LogP contribution in [0.1, 0.15) is 12.8 Å². The van der Waals surface area contributed by atoms with Crippen molar-refractivity contribution in [2.45, 2.75) is 18.9 Å². The van der Waals surface area contributed by atoms with E-state index in [0.29, 0.717) is 31.9 Å². The Hall–Kier alpha value is -2.75. The first-order valence-corrected chi connectivity index (χ1v) is 10.5. The highest BCUT2D eigenvalue weighted by molar-refractivity contribution is 9.10. The summed E-state index contributed by atoms with van der Waals surface area (Å²) in [5, 5.41) is 0. The Morgan fingerprint density at radius 2 is 1.90 bits per heavy atom. The summed E-state index contributed by atoms with van der Waals surface area (Å²) in [6.07, 6.45) is 4.65. The molecule has 30 heavy (non-hydrogen) atoms. The average molecular weight is 478 g/mol.